The van der Waals surface area contributed by atoms with Crippen LogP contribution >= 0.6 is 11.6 Å². The third-order valence-electron chi connectivity index (χ3n) is 3.06. The van der Waals surface area contributed by atoms with E-state index >= 15 is 0 Å². The predicted molar refractivity (Wildman–Crippen MR) is 71.7 cm³/mol. The van der Waals surface area contributed by atoms with Crippen LogP contribution in [0.1, 0.15) is 23.2 Å². The van der Waals surface area contributed by atoms with E-state index < -0.39 is 0 Å². The summed E-state index contributed by atoms with van der Waals surface area (Å²) in [6, 6.07) is 1.49. The number of nitrogens with one attached hydrogen (secondary N) is 1. The topological polar surface area (TPSA) is 71.2 Å². The highest BCUT2D eigenvalue weighted by molar-refractivity contribution is 6.29. The molecule has 0 spiro atoms. The third-order valence-corrected chi connectivity index (χ3v) is 3.27. The highest BCUT2D eigenvalue weighted by Gasteiger charge is 2.13. The molecule has 0 aliphatic carbocycles. The van der Waals surface area contributed by atoms with E-state index in [9.17, 15) is 4.79 Å². The monoisotopic (exact) mass is 268 g/mol. The maximum atomic E-state index is 11.9. The van der Waals surface area contributed by atoms with Crippen molar-refractivity contribution in [3.63, 3.8) is 0 Å². The lowest BCUT2D eigenvalue weighted by molar-refractivity contribution is 0.0950. The molecule has 5 nitrogen and oxygen atoms in total. The smallest absolute Gasteiger partial charge is 0.253 e. The summed E-state index contributed by atoms with van der Waals surface area (Å²) in [5.74, 6) is -0.198. The van der Waals surface area contributed by atoms with Crippen molar-refractivity contribution in [3.05, 3.63) is 23.0 Å². The Kier molecular flexibility index (Phi) is 4.38. The average molecular weight is 269 g/mol. The fraction of sp³-hybridized carbons (Fsp3) is 0.500. The molecule has 18 heavy (non-hydrogen) atoms. The van der Waals surface area contributed by atoms with Gasteiger partial charge in [-0.3, -0.25) is 4.79 Å². The van der Waals surface area contributed by atoms with E-state index in [-0.39, 0.29) is 11.1 Å². The molecule has 0 bridgehead atoms. The zero-order chi connectivity index (χ0) is 13.0. The van der Waals surface area contributed by atoms with E-state index in [1.165, 1.54) is 25.1 Å². The lowest BCUT2D eigenvalue weighted by Crippen LogP contribution is -2.33. The first-order chi connectivity index (χ1) is 8.66. The molecule has 1 aromatic heterocycles. The molecule has 2 rings (SSSR count). The summed E-state index contributed by atoms with van der Waals surface area (Å²) in [6.45, 7) is 3.75. The number of nitrogens with two attached hydrogens (primary N) is 1. The summed E-state index contributed by atoms with van der Waals surface area (Å²) in [6.07, 6.45) is 3.90. The van der Waals surface area contributed by atoms with E-state index in [2.05, 4.69) is 15.2 Å². The summed E-state index contributed by atoms with van der Waals surface area (Å²) < 4.78 is 0. The molecule has 1 amide bonds. The number of halogens is 1. The zero-order valence-electron chi connectivity index (χ0n) is 10.2. The Balaban J connectivity index is 1.85. The predicted octanol–water partition coefficient (Wildman–Crippen LogP) is 1.14. The Bertz CT molecular complexity index is 432. The Labute approximate surface area is 111 Å². The van der Waals surface area contributed by atoms with Crippen LogP contribution in [-0.2, 0) is 0 Å². The van der Waals surface area contributed by atoms with Gasteiger partial charge in [-0.2, -0.15) is 0 Å². The number of rotatable bonds is 4. The van der Waals surface area contributed by atoms with Crippen molar-refractivity contribution >= 4 is 23.2 Å². The van der Waals surface area contributed by atoms with Gasteiger partial charge in [-0.25, -0.2) is 4.98 Å². The summed E-state index contributed by atoms with van der Waals surface area (Å²) in [4.78, 5) is 18.0. The van der Waals surface area contributed by atoms with Gasteiger partial charge in [-0.15, -0.1) is 0 Å². The SMILES string of the molecule is Nc1cnc(Cl)cc1C(=O)NCCN1CCCC1. The van der Waals surface area contributed by atoms with Gasteiger partial charge in [-0.1, -0.05) is 11.6 Å². The van der Waals surface area contributed by atoms with Crippen LogP contribution < -0.4 is 11.1 Å². The fourth-order valence-corrected chi connectivity index (χ4v) is 2.22. The van der Waals surface area contributed by atoms with Crippen molar-refractivity contribution < 1.29 is 4.79 Å². The maximum absolute atomic E-state index is 11.9. The number of carbonyl (C=O) groups excluding carboxylic acids is 1. The second-order valence-corrected chi connectivity index (χ2v) is 4.79. The maximum Gasteiger partial charge on any atom is 0.253 e. The van der Waals surface area contributed by atoms with Crippen LogP contribution in [0.2, 0.25) is 5.15 Å². The molecule has 0 atom stereocenters. The highest BCUT2D eigenvalue weighted by Crippen LogP contribution is 2.14. The van der Waals surface area contributed by atoms with E-state index in [1.54, 1.807) is 0 Å². The minimum Gasteiger partial charge on any atom is -0.397 e. The fourth-order valence-electron chi connectivity index (χ4n) is 2.07. The molecule has 0 unspecified atom stereocenters. The third kappa shape index (κ3) is 3.34. The molecule has 1 aliphatic heterocycles. The molecule has 1 aromatic rings. The number of carbonyl (C=O) groups is 1. The molecule has 2 heterocycles. The van der Waals surface area contributed by atoms with Crippen LogP contribution in [0.3, 0.4) is 0 Å². The molecular formula is C12H17ClN4O. The molecule has 1 aliphatic rings. The van der Waals surface area contributed by atoms with Gasteiger partial charge in [0.25, 0.3) is 5.91 Å². The first kappa shape index (κ1) is 13.1. The Morgan fingerprint density at radius 2 is 2.22 bits per heavy atom. The van der Waals surface area contributed by atoms with Crippen molar-refractivity contribution in [2.24, 2.45) is 0 Å². The Hall–Kier alpha value is -1.33. The van der Waals surface area contributed by atoms with Gasteiger partial charge in [0.1, 0.15) is 5.15 Å². The second kappa shape index (κ2) is 6.02. The second-order valence-electron chi connectivity index (χ2n) is 4.40. The number of aromatic nitrogens is 1. The van der Waals surface area contributed by atoms with E-state index in [0.29, 0.717) is 17.8 Å². The number of hydrogen-bond donors (Lipinski definition) is 2. The van der Waals surface area contributed by atoms with Crippen LogP contribution in [0.5, 0.6) is 0 Å². The van der Waals surface area contributed by atoms with Crippen molar-refractivity contribution in [2.75, 3.05) is 31.9 Å². The number of pyridine rings is 1. The summed E-state index contributed by atoms with van der Waals surface area (Å²) in [5, 5.41) is 3.12. The number of amides is 1. The van der Waals surface area contributed by atoms with E-state index in [1.807, 2.05) is 0 Å². The number of nitrogen functional groups attached to an aromatic ring is 1. The van der Waals surface area contributed by atoms with Gasteiger partial charge in [0.2, 0.25) is 0 Å². The van der Waals surface area contributed by atoms with Crippen molar-refractivity contribution in [1.29, 1.82) is 0 Å². The van der Waals surface area contributed by atoms with Crippen LogP contribution in [0.4, 0.5) is 5.69 Å². The number of likely N-dealkylation sites (tertiary alicyclic amines) is 1. The highest BCUT2D eigenvalue weighted by atomic mass is 35.5. The molecule has 3 N–H and O–H groups in total. The summed E-state index contributed by atoms with van der Waals surface area (Å²) in [5.41, 5.74) is 6.42. The largest absolute Gasteiger partial charge is 0.397 e. The Morgan fingerprint density at radius 1 is 1.50 bits per heavy atom. The molecule has 98 valence electrons. The van der Waals surface area contributed by atoms with E-state index in [4.69, 9.17) is 17.3 Å². The molecule has 1 saturated heterocycles. The van der Waals surface area contributed by atoms with E-state index in [0.717, 1.165) is 19.6 Å². The Morgan fingerprint density at radius 3 is 2.94 bits per heavy atom. The van der Waals surface area contributed by atoms with Gasteiger partial charge >= 0.3 is 0 Å². The summed E-state index contributed by atoms with van der Waals surface area (Å²) >= 11 is 5.74. The van der Waals surface area contributed by atoms with Crippen molar-refractivity contribution in [1.82, 2.24) is 15.2 Å². The van der Waals surface area contributed by atoms with Crippen LogP contribution in [0.25, 0.3) is 0 Å². The van der Waals surface area contributed by atoms with Crippen molar-refractivity contribution in [2.45, 2.75) is 12.8 Å². The van der Waals surface area contributed by atoms with Gasteiger partial charge < -0.3 is 16.0 Å². The molecule has 0 aromatic carbocycles. The first-order valence-electron chi connectivity index (χ1n) is 6.08. The van der Waals surface area contributed by atoms with Crippen molar-refractivity contribution in [3.8, 4) is 0 Å². The minimum absolute atomic E-state index is 0.198. The first-order valence-corrected chi connectivity index (χ1v) is 6.46. The minimum atomic E-state index is -0.198. The lowest BCUT2D eigenvalue weighted by Gasteiger charge is -2.15. The molecule has 6 heteroatoms. The zero-order valence-corrected chi connectivity index (χ0v) is 10.9. The van der Waals surface area contributed by atoms with Gasteiger partial charge in [0.05, 0.1) is 17.4 Å². The van der Waals surface area contributed by atoms with Gasteiger partial charge in [0.15, 0.2) is 0 Å². The van der Waals surface area contributed by atoms with Gasteiger partial charge in [-0.05, 0) is 32.0 Å². The molecule has 0 radical (unpaired) electrons. The van der Waals surface area contributed by atoms with Crippen LogP contribution in [0, 0.1) is 0 Å². The van der Waals surface area contributed by atoms with Gasteiger partial charge in [0, 0.05) is 13.1 Å². The number of hydrogen-bond acceptors (Lipinski definition) is 4. The van der Waals surface area contributed by atoms with Crippen LogP contribution in [0.15, 0.2) is 12.3 Å². The average Bonchev–Trinajstić information content (AvgIpc) is 2.85. The standard InChI is InChI=1S/C12H17ClN4O/c13-11-7-9(10(14)8-16-11)12(18)15-3-6-17-4-1-2-5-17/h7-8H,1-6,14H2,(H,15,18). The van der Waals surface area contributed by atoms with Crippen LogP contribution in [-0.4, -0.2) is 42.0 Å². The molecular weight excluding hydrogens is 252 g/mol. The number of nitrogens with zero attached hydrogens (tertiary/aromatic N) is 2. The summed E-state index contributed by atoms with van der Waals surface area (Å²) in [7, 11) is 0. The molecule has 0 saturated carbocycles. The normalized spacial score (nSPS) is 15.8. The molecule has 1 fully saturated rings. The quantitative estimate of drug-likeness (QED) is 0.804. The lowest BCUT2D eigenvalue weighted by atomic mass is 10.2. The number of anilines is 1.